The Morgan fingerprint density at radius 3 is 2.65 bits per heavy atom. The number of benzene rings is 2. The van der Waals surface area contributed by atoms with E-state index < -0.39 is 0 Å². The average molecular weight is 230 g/mol. The maximum absolute atomic E-state index is 9.83. The molecule has 90 valence electrons. The van der Waals surface area contributed by atoms with Crippen LogP contribution < -0.4 is 0 Å². The van der Waals surface area contributed by atoms with Crippen molar-refractivity contribution in [3.05, 3.63) is 48.0 Å². The molecule has 0 aliphatic carbocycles. The first-order chi connectivity index (χ1) is 8.29. The van der Waals surface area contributed by atoms with Crippen molar-refractivity contribution in [1.82, 2.24) is 0 Å². The molecule has 1 atom stereocenters. The largest absolute Gasteiger partial charge is 0.393 e. The van der Waals surface area contributed by atoms with E-state index in [-0.39, 0.29) is 6.10 Å². The van der Waals surface area contributed by atoms with E-state index in [0.29, 0.717) is 19.4 Å². The van der Waals surface area contributed by atoms with Gasteiger partial charge in [-0.3, -0.25) is 0 Å². The number of hydrogen-bond acceptors (Lipinski definition) is 2. The lowest BCUT2D eigenvalue weighted by Crippen LogP contribution is -2.12. The van der Waals surface area contributed by atoms with E-state index >= 15 is 0 Å². The van der Waals surface area contributed by atoms with Crippen molar-refractivity contribution in [3.63, 3.8) is 0 Å². The van der Waals surface area contributed by atoms with Gasteiger partial charge in [-0.15, -0.1) is 0 Å². The summed E-state index contributed by atoms with van der Waals surface area (Å²) in [5.41, 5.74) is 1.17. The van der Waals surface area contributed by atoms with E-state index in [9.17, 15) is 5.11 Å². The van der Waals surface area contributed by atoms with Crippen LogP contribution in [0.2, 0.25) is 0 Å². The SMILES string of the molecule is COCCC(O)Cc1ccc2ccccc2c1. The van der Waals surface area contributed by atoms with Crippen LogP contribution in [0.25, 0.3) is 10.8 Å². The first kappa shape index (κ1) is 12.1. The molecule has 0 radical (unpaired) electrons. The van der Waals surface area contributed by atoms with Gasteiger partial charge in [0.15, 0.2) is 0 Å². The first-order valence-electron chi connectivity index (χ1n) is 5.94. The van der Waals surface area contributed by atoms with Crippen LogP contribution >= 0.6 is 0 Å². The molecular weight excluding hydrogens is 212 g/mol. The maximum atomic E-state index is 9.83. The summed E-state index contributed by atoms with van der Waals surface area (Å²) in [5.74, 6) is 0. The summed E-state index contributed by atoms with van der Waals surface area (Å²) < 4.78 is 4.96. The molecular formula is C15H18O2. The van der Waals surface area contributed by atoms with E-state index in [1.54, 1.807) is 7.11 Å². The molecule has 0 amide bonds. The smallest absolute Gasteiger partial charge is 0.0602 e. The first-order valence-corrected chi connectivity index (χ1v) is 5.94. The van der Waals surface area contributed by atoms with Crippen molar-refractivity contribution in [2.45, 2.75) is 18.9 Å². The molecule has 2 heteroatoms. The quantitative estimate of drug-likeness (QED) is 0.855. The van der Waals surface area contributed by atoms with Crippen LogP contribution in [0.4, 0.5) is 0 Å². The number of fused-ring (bicyclic) bond motifs is 1. The predicted molar refractivity (Wildman–Crippen MR) is 70.2 cm³/mol. The van der Waals surface area contributed by atoms with Gasteiger partial charge >= 0.3 is 0 Å². The van der Waals surface area contributed by atoms with Gasteiger partial charge in [0, 0.05) is 13.7 Å². The van der Waals surface area contributed by atoms with Gasteiger partial charge in [0.2, 0.25) is 0 Å². The van der Waals surface area contributed by atoms with Gasteiger partial charge in [0.05, 0.1) is 6.10 Å². The lowest BCUT2D eigenvalue weighted by atomic mass is 10.0. The molecule has 1 unspecified atom stereocenters. The molecule has 0 saturated heterocycles. The highest BCUT2D eigenvalue weighted by Crippen LogP contribution is 2.17. The highest BCUT2D eigenvalue weighted by atomic mass is 16.5. The fourth-order valence-electron chi connectivity index (χ4n) is 1.99. The van der Waals surface area contributed by atoms with Crippen LogP contribution in [0.3, 0.4) is 0 Å². The molecule has 0 fully saturated rings. The Labute approximate surface area is 102 Å². The lowest BCUT2D eigenvalue weighted by Gasteiger charge is -2.10. The standard InChI is InChI=1S/C15H18O2/c1-17-9-8-15(16)11-12-6-7-13-4-2-3-5-14(13)10-12/h2-7,10,15-16H,8-9,11H2,1H3. The Hall–Kier alpha value is -1.38. The van der Waals surface area contributed by atoms with Crippen molar-refractivity contribution < 1.29 is 9.84 Å². The van der Waals surface area contributed by atoms with Crippen LogP contribution in [0.15, 0.2) is 42.5 Å². The topological polar surface area (TPSA) is 29.5 Å². The van der Waals surface area contributed by atoms with Crippen molar-refractivity contribution in [2.75, 3.05) is 13.7 Å². The summed E-state index contributed by atoms with van der Waals surface area (Å²) >= 11 is 0. The maximum Gasteiger partial charge on any atom is 0.0602 e. The Kier molecular flexibility index (Phi) is 4.13. The van der Waals surface area contributed by atoms with Gasteiger partial charge in [0.25, 0.3) is 0 Å². The van der Waals surface area contributed by atoms with Gasteiger partial charge in [0.1, 0.15) is 0 Å². The van der Waals surface area contributed by atoms with E-state index in [2.05, 4.69) is 30.3 Å². The van der Waals surface area contributed by atoms with E-state index in [1.165, 1.54) is 16.3 Å². The molecule has 0 saturated carbocycles. The van der Waals surface area contributed by atoms with Gasteiger partial charge in [-0.25, -0.2) is 0 Å². The minimum absolute atomic E-state index is 0.323. The Balaban J connectivity index is 2.08. The van der Waals surface area contributed by atoms with Crippen molar-refractivity contribution in [3.8, 4) is 0 Å². The third kappa shape index (κ3) is 3.29. The number of rotatable bonds is 5. The minimum Gasteiger partial charge on any atom is -0.393 e. The Bertz CT molecular complexity index is 479. The molecule has 0 spiro atoms. The van der Waals surface area contributed by atoms with Crippen LogP contribution in [0, 0.1) is 0 Å². The molecule has 2 aromatic carbocycles. The van der Waals surface area contributed by atoms with Crippen LogP contribution in [0.1, 0.15) is 12.0 Å². The molecule has 2 aromatic rings. The van der Waals surface area contributed by atoms with Crippen molar-refractivity contribution >= 4 is 10.8 Å². The number of ether oxygens (including phenoxy) is 1. The highest BCUT2D eigenvalue weighted by Gasteiger charge is 2.05. The molecule has 2 rings (SSSR count). The second-order valence-corrected chi connectivity index (χ2v) is 4.32. The fraction of sp³-hybridized carbons (Fsp3) is 0.333. The van der Waals surface area contributed by atoms with Gasteiger partial charge < -0.3 is 9.84 Å². The summed E-state index contributed by atoms with van der Waals surface area (Å²) in [4.78, 5) is 0. The highest BCUT2D eigenvalue weighted by molar-refractivity contribution is 5.82. The number of methoxy groups -OCH3 is 1. The summed E-state index contributed by atoms with van der Waals surface area (Å²) in [6, 6.07) is 14.6. The van der Waals surface area contributed by atoms with E-state index in [0.717, 1.165) is 0 Å². The Morgan fingerprint density at radius 1 is 1.12 bits per heavy atom. The lowest BCUT2D eigenvalue weighted by molar-refractivity contribution is 0.110. The normalized spacial score (nSPS) is 12.8. The number of aliphatic hydroxyl groups excluding tert-OH is 1. The second-order valence-electron chi connectivity index (χ2n) is 4.32. The minimum atomic E-state index is -0.323. The summed E-state index contributed by atoms with van der Waals surface area (Å²) in [6.45, 7) is 0.606. The summed E-state index contributed by atoms with van der Waals surface area (Å²) in [6.07, 6.45) is 1.05. The van der Waals surface area contributed by atoms with Gasteiger partial charge in [-0.2, -0.15) is 0 Å². The molecule has 0 bridgehead atoms. The van der Waals surface area contributed by atoms with Crippen molar-refractivity contribution in [1.29, 1.82) is 0 Å². The van der Waals surface area contributed by atoms with Crippen molar-refractivity contribution in [2.24, 2.45) is 0 Å². The monoisotopic (exact) mass is 230 g/mol. The van der Waals surface area contributed by atoms with Crippen LogP contribution in [-0.2, 0) is 11.2 Å². The average Bonchev–Trinajstić information content (AvgIpc) is 2.36. The second kappa shape index (κ2) is 5.80. The van der Waals surface area contributed by atoms with Gasteiger partial charge in [-0.1, -0.05) is 42.5 Å². The molecule has 1 N–H and O–H groups in total. The molecule has 0 aliphatic rings. The number of hydrogen-bond donors (Lipinski definition) is 1. The Morgan fingerprint density at radius 2 is 1.88 bits per heavy atom. The number of aliphatic hydroxyl groups is 1. The summed E-state index contributed by atoms with van der Waals surface area (Å²) in [5, 5.41) is 12.3. The van der Waals surface area contributed by atoms with Gasteiger partial charge in [-0.05, 0) is 29.2 Å². The van der Waals surface area contributed by atoms with Crippen LogP contribution in [-0.4, -0.2) is 24.9 Å². The van der Waals surface area contributed by atoms with E-state index in [1.807, 2.05) is 12.1 Å². The van der Waals surface area contributed by atoms with E-state index in [4.69, 9.17) is 4.74 Å². The third-order valence-electron chi connectivity index (χ3n) is 2.94. The van der Waals surface area contributed by atoms with Crippen LogP contribution in [0.5, 0.6) is 0 Å². The molecule has 0 aliphatic heterocycles. The zero-order valence-corrected chi connectivity index (χ0v) is 10.1. The molecule has 0 aromatic heterocycles. The summed E-state index contributed by atoms with van der Waals surface area (Å²) in [7, 11) is 1.66. The zero-order valence-electron chi connectivity index (χ0n) is 10.1. The molecule has 17 heavy (non-hydrogen) atoms. The third-order valence-corrected chi connectivity index (χ3v) is 2.94. The molecule has 2 nitrogen and oxygen atoms in total. The predicted octanol–water partition coefficient (Wildman–Crippen LogP) is 2.78. The zero-order chi connectivity index (χ0) is 12.1. The molecule has 0 heterocycles. The fourth-order valence-corrected chi connectivity index (χ4v) is 1.99.